The second-order valence-electron chi connectivity index (χ2n) is 4.51. The average Bonchev–Trinajstić information content (AvgIpc) is 2.45. The molecule has 1 unspecified atom stereocenters. The minimum atomic E-state index is -3.82. The van der Waals surface area contributed by atoms with E-state index in [1.807, 2.05) is 0 Å². The second kappa shape index (κ2) is 6.83. The summed E-state index contributed by atoms with van der Waals surface area (Å²) in [6, 6.07) is 3.38. The second-order valence-corrected chi connectivity index (χ2v) is 6.51. The van der Waals surface area contributed by atoms with Crippen molar-refractivity contribution in [3.05, 3.63) is 28.3 Å². The van der Waals surface area contributed by atoms with Crippen LogP contribution in [0.25, 0.3) is 0 Å². The number of nitrogens with one attached hydrogen (secondary N) is 1. The summed E-state index contributed by atoms with van der Waals surface area (Å²) in [5.74, 6) is 0. The molecule has 0 radical (unpaired) electrons. The molecule has 1 aromatic rings. The smallest absolute Gasteiger partial charge is 0.293 e. The molecule has 0 saturated carbocycles. The molecule has 0 heterocycles. The zero-order valence-electron chi connectivity index (χ0n) is 12.4. The van der Waals surface area contributed by atoms with Crippen LogP contribution in [0.15, 0.2) is 23.1 Å². The summed E-state index contributed by atoms with van der Waals surface area (Å²) in [5.41, 5.74) is -0.0297. The zero-order valence-corrected chi connectivity index (χ0v) is 13.2. The third kappa shape index (κ3) is 3.69. The van der Waals surface area contributed by atoms with E-state index in [0.717, 1.165) is 10.4 Å². The van der Waals surface area contributed by atoms with Crippen LogP contribution in [0.4, 0.5) is 11.4 Å². The highest BCUT2D eigenvalue weighted by atomic mass is 32.2. The Kier molecular flexibility index (Phi) is 5.64. The van der Waals surface area contributed by atoms with Crippen LogP contribution in [0.3, 0.4) is 0 Å². The van der Waals surface area contributed by atoms with E-state index in [9.17, 15) is 18.5 Å². The quantitative estimate of drug-likeness (QED) is 0.600. The Morgan fingerprint density at radius 1 is 1.48 bits per heavy atom. The molecule has 0 bridgehead atoms. The first kappa shape index (κ1) is 17.3. The maximum Gasteiger partial charge on any atom is 0.293 e. The lowest BCUT2D eigenvalue weighted by Crippen LogP contribution is -2.37. The summed E-state index contributed by atoms with van der Waals surface area (Å²) < 4.78 is 31.0. The molecule has 1 atom stereocenters. The highest BCUT2D eigenvalue weighted by molar-refractivity contribution is 7.89. The molecular weight excluding hydrogens is 298 g/mol. The lowest BCUT2D eigenvalue weighted by Gasteiger charge is -2.23. The first-order valence-corrected chi connectivity index (χ1v) is 7.62. The van der Waals surface area contributed by atoms with Crippen molar-refractivity contribution < 1.29 is 18.1 Å². The minimum absolute atomic E-state index is 0.126. The van der Waals surface area contributed by atoms with Gasteiger partial charge >= 0.3 is 0 Å². The van der Waals surface area contributed by atoms with Crippen LogP contribution in [-0.2, 0) is 14.8 Å². The summed E-state index contributed by atoms with van der Waals surface area (Å²) >= 11 is 0. The predicted molar refractivity (Wildman–Crippen MR) is 78.9 cm³/mol. The number of sulfonamides is 1. The fourth-order valence-corrected chi connectivity index (χ4v) is 3.15. The Hall–Kier alpha value is -1.71. The largest absolute Gasteiger partial charge is 0.383 e. The van der Waals surface area contributed by atoms with Crippen molar-refractivity contribution in [2.75, 3.05) is 33.1 Å². The van der Waals surface area contributed by atoms with Gasteiger partial charge in [-0.2, -0.15) is 4.31 Å². The van der Waals surface area contributed by atoms with E-state index >= 15 is 0 Å². The van der Waals surface area contributed by atoms with Crippen molar-refractivity contribution in [2.45, 2.75) is 17.9 Å². The summed E-state index contributed by atoms with van der Waals surface area (Å²) in [5, 5.41) is 13.7. The lowest BCUT2D eigenvalue weighted by atomic mass is 10.3. The number of hydrogen-bond donors (Lipinski definition) is 1. The molecule has 0 saturated heterocycles. The Balaban J connectivity index is 3.26. The molecule has 1 rings (SSSR count). The highest BCUT2D eigenvalue weighted by Crippen LogP contribution is 2.28. The molecular formula is C12H19N3O5S. The summed E-state index contributed by atoms with van der Waals surface area (Å²) in [6.45, 7) is 1.92. The van der Waals surface area contributed by atoms with Gasteiger partial charge in [0.1, 0.15) is 5.69 Å². The molecule has 0 aliphatic carbocycles. The maximum atomic E-state index is 12.5. The number of likely N-dealkylation sites (N-methyl/N-ethyl adjacent to an activating group) is 1. The van der Waals surface area contributed by atoms with E-state index in [0.29, 0.717) is 0 Å². The molecule has 0 spiro atoms. The van der Waals surface area contributed by atoms with E-state index < -0.39 is 14.9 Å². The SMILES string of the molecule is CNc1ccc(S(=O)(=O)N(C)C(C)COC)cc1[N+](=O)[O-]. The maximum absolute atomic E-state index is 12.5. The molecule has 0 aromatic heterocycles. The Bertz CT molecular complexity index is 617. The van der Waals surface area contributed by atoms with Gasteiger partial charge in [-0.15, -0.1) is 0 Å². The predicted octanol–water partition coefficient (Wildman–Crippen LogP) is 1.29. The van der Waals surface area contributed by atoms with E-state index in [2.05, 4.69) is 5.32 Å². The first-order chi connectivity index (χ1) is 9.75. The molecule has 118 valence electrons. The van der Waals surface area contributed by atoms with Crippen LogP contribution >= 0.6 is 0 Å². The number of benzene rings is 1. The topological polar surface area (TPSA) is 102 Å². The average molecular weight is 317 g/mol. The van der Waals surface area contributed by atoms with Crippen LogP contribution in [0.5, 0.6) is 0 Å². The van der Waals surface area contributed by atoms with Gasteiger partial charge in [-0.3, -0.25) is 10.1 Å². The summed E-state index contributed by atoms with van der Waals surface area (Å²) in [7, 11) is 0.600. The summed E-state index contributed by atoms with van der Waals surface area (Å²) in [4.78, 5) is 10.3. The van der Waals surface area contributed by atoms with Gasteiger partial charge in [0.25, 0.3) is 5.69 Å². The summed E-state index contributed by atoms with van der Waals surface area (Å²) in [6.07, 6.45) is 0. The fourth-order valence-electron chi connectivity index (χ4n) is 1.78. The van der Waals surface area contributed by atoms with Crippen molar-refractivity contribution >= 4 is 21.4 Å². The number of rotatable bonds is 7. The molecule has 1 aromatic carbocycles. The van der Waals surface area contributed by atoms with Crippen molar-refractivity contribution in [2.24, 2.45) is 0 Å². The lowest BCUT2D eigenvalue weighted by molar-refractivity contribution is -0.384. The van der Waals surface area contributed by atoms with E-state index in [1.165, 1.54) is 33.3 Å². The van der Waals surface area contributed by atoms with Gasteiger partial charge < -0.3 is 10.1 Å². The zero-order chi connectivity index (χ0) is 16.2. The van der Waals surface area contributed by atoms with Crippen LogP contribution in [-0.4, -0.2) is 51.5 Å². The molecule has 21 heavy (non-hydrogen) atoms. The van der Waals surface area contributed by atoms with E-state index in [4.69, 9.17) is 4.74 Å². The number of methoxy groups -OCH3 is 1. The fraction of sp³-hybridized carbons (Fsp3) is 0.500. The Labute approximate surface area is 123 Å². The standard InChI is InChI=1S/C12H19N3O5S/c1-9(8-20-4)14(3)21(18,19)10-5-6-11(13-2)12(7-10)15(16)17/h5-7,9,13H,8H2,1-4H3. The normalized spacial score (nSPS) is 13.2. The number of nitro benzene ring substituents is 1. The highest BCUT2D eigenvalue weighted by Gasteiger charge is 2.27. The van der Waals surface area contributed by atoms with Crippen molar-refractivity contribution in [1.82, 2.24) is 4.31 Å². The monoisotopic (exact) mass is 317 g/mol. The minimum Gasteiger partial charge on any atom is -0.383 e. The van der Waals surface area contributed by atoms with Gasteiger partial charge in [0.05, 0.1) is 16.4 Å². The third-order valence-electron chi connectivity index (χ3n) is 3.14. The molecule has 0 amide bonds. The van der Waals surface area contributed by atoms with Crippen LogP contribution in [0.1, 0.15) is 6.92 Å². The van der Waals surface area contributed by atoms with Crippen LogP contribution in [0.2, 0.25) is 0 Å². The van der Waals surface area contributed by atoms with Gasteiger partial charge in [0, 0.05) is 33.3 Å². The van der Waals surface area contributed by atoms with Crippen molar-refractivity contribution in [3.63, 3.8) is 0 Å². The van der Waals surface area contributed by atoms with Gasteiger partial charge in [0.2, 0.25) is 10.0 Å². The van der Waals surface area contributed by atoms with E-state index in [-0.39, 0.29) is 28.9 Å². The molecule has 0 aliphatic rings. The number of anilines is 1. The molecule has 0 fully saturated rings. The van der Waals surface area contributed by atoms with E-state index in [1.54, 1.807) is 6.92 Å². The Morgan fingerprint density at radius 2 is 2.10 bits per heavy atom. The molecule has 1 N–H and O–H groups in total. The number of ether oxygens (including phenoxy) is 1. The van der Waals surface area contributed by atoms with Gasteiger partial charge in [-0.05, 0) is 19.1 Å². The van der Waals surface area contributed by atoms with Gasteiger partial charge in [-0.25, -0.2) is 8.42 Å². The number of nitro groups is 1. The molecule has 9 heteroatoms. The number of hydrogen-bond acceptors (Lipinski definition) is 6. The Morgan fingerprint density at radius 3 is 2.57 bits per heavy atom. The van der Waals surface area contributed by atoms with Crippen molar-refractivity contribution in [3.8, 4) is 0 Å². The molecule has 8 nitrogen and oxygen atoms in total. The van der Waals surface area contributed by atoms with Crippen molar-refractivity contribution in [1.29, 1.82) is 0 Å². The van der Waals surface area contributed by atoms with Crippen LogP contribution in [0, 0.1) is 10.1 Å². The molecule has 0 aliphatic heterocycles. The van der Waals surface area contributed by atoms with Gasteiger partial charge in [-0.1, -0.05) is 0 Å². The number of nitrogens with zero attached hydrogens (tertiary/aromatic N) is 2. The van der Waals surface area contributed by atoms with Crippen LogP contribution < -0.4 is 5.32 Å². The first-order valence-electron chi connectivity index (χ1n) is 6.18. The third-order valence-corrected chi connectivity index (χ3v) is 5.11. The van der Waals surface area contributed by atoms with Gasteiger partial charge in [0.15, 0.2) is 0 Å².